The molecule has 1 fully saturated rings. The van der Waals surface area contributed by atoms with Gasteiger partial charge in [-0.15, -0.1) is 0 Å². The lowest BCUT2D eigenvalue weighted by molar-refractivity contribution is 0.0336. The molecule has 2 amide bonds. The molecule has 2 aromatic heterocycles. The van der Waals surface area contributed by atoms with Crippen LogP contribution in [0.2, 0.25) is 0 Å². The molecule has 0 radical (unpaired) electrons. The van der Waals surface area contributed by atoms with Crippen molar-refractivity contribution in [2.75, 3.05) is 71.0 Å². The van der Waals surface area contributed by atoms with Crippen LogP contribution >= 0.6 is 0 Å². The number of ether oxygens (including phenoxy) is 3. The number of methoxy groups -OCH3 is 2. The predicted molar refractivity (Wildman–Crippen MR) is 148 cm³/mol. The second kappa shape index (κ2) is 11.0. The zero-order valence-electron chi connectivity index (χ0n) is 23.5. The number of carbonyl (C=O) groups is 1. The molecule has 4 heterocycles. The number of aromatic nitrogens is 2. The van der Waals surface area contributed by atoms with E-state index >= 15 is 8.78 Å². The van der Waals surface area contributed by atoms with Gasteiger partial charge in [-0.1, -0.05) is 0 Å². The zero-order valence-corrected chi connectivity index (χ0v) is 24.3. The van der Waals surface area contributed by atoms with E-state index in [2.05, 4.69) is 9.88 Å². The molecule has 0 aliphatic carbocycles. The monoisotopic (exact) mass is 594 g/mol. The number of pyridine rings is 1. The van der Waals surface area contributed by atoms with Gasteiger partial charge in [0.2, 0.25) is 0 Å². The van der Waals surface area contributed by atoms with E-state index in [-0.39, 0.29) is 30.2 Å². The van der Waals surface area contributed by atoms with Gasteiger partial charge in [0.1, 0.15) is 5.69 Å². The van der Waals surface area contributed by atoms with Gasteiger partial charge in [0, 0.05) is 63.5 Å². The van der Waals surface area contributed by atoms with Crippen LogP contribution in [0.25, 0.3) is 11.0 Å². The highest BCUT2D eigenvalue weighted by molar-refractivity contribution is 7.87. The predicted octanol–water partition coefficient (Wildman–Crippen LogP) is 2.78. The highest BCUT2D eigenvalue weighted by atomic mass is 32.2. The molecule has 1 aromatic carbocycles. The average Bonchev–Trinajstić information content (AvgIpc) is 3.33. The summed E-state index contributed by atoms with van der Waals surface area (Å²) in [5.74, 6) is -2.67. The molecule has 12 nitrogen and oxygen atoms in total. The zero-order chi connectivity index (χ0) is 29.6. The SMILES string of the molecule is CCN1C(=O)N(c2c(F)c(OC)cc(OC)c2F)Cc2cnc3c(cc(CN4CCOCC4)n3S(=O)(=O)N(C)C)c21. The minimum absolute atomic E-state index is 0.135. The topological polar surface area (TPSA) is 110 Å². The fourth-order valence-electron chi connectivity index (χ4n) is 5.22. The molecule has 0 unspecified atom stereocenters. The summed E-state index contributed by atoms with van der Waals surface area (Å²) in [6.45, 7) is 4.27. The molecule has 15 heteroatoms. The summed E-state index contributed by atoms with van der Waals surface area (Å²) < 4.78 is 75.7. The molecule has 0 spiro atoms. The summed E-state index contributed by atoms with van der Waals surface area (Å²) in [6.07, 6.45) is 1.44. The van der Waals surface area contributed by atoms with Crippen LogP contribution in [0.15, 0.2) is 18.3 Å². The Hall–Kier alpha value is -3.53. The summed E-state index contributed by atoms with van der Waals surface area (Å²) in [6, 6.07) is 2.10. The van der Waals surface area contributed by atoms with Gasteiger partial charge < -0.3 is 14.2 Å². The van der Waals surface area contributed by atoms with Gasteiger partial charge >= 0.3 is 16.2 Å². The second-order valence-corrected chi connectivity index (χ2v) is 11.8. The number of amides is 2. The average molecular weight is 595 g/mol. The first-order valence-electron chi connectivity index (χ1n) is 13.0. The molecule has 0 atom stereocenters. The Kier molecular flexibility index (Phi) is 7.80. The van der Waals surface area contributed by atoms with Gasteiger partial charge in [0.05, 0.1) is 45.4 Å². The fraction of sp³-hybridized carbons (Fsp3) is 0.462. The largest absolute Gasteiger partial charge is 0.493 e. The van der Waals surface area contributed by atoms with Gasteiger partial charge in [-0.05, 0) is 13.0 Å². The summed E-state index contributed by atoms with van der Waals surface area (Å²) in [5.41, 5.74) is 0.927. The molecule has 1 saturated heterocycles. The number of rotatable bonds is 8. The van der Waals surface area contributed by atoms with Crippen molar-refractivity contribution in [3.8, 4) is 11.5 Å². The lowest BCUT2D eigenvalue weighted by Crippen LogP contribution is -2.48. The number of halogens is 2. The Morgan fingerprint density at radius 3 is 2.24 bits per heavy atom. The van der Waals surface area contributed by atoms with E-state index in [1.54, 1.807) is 13.0 Å². The number of nitrogens with zero attached hydrogens (tertiary/aromatic N) is 6. The summed E-state index contributed by atoms with van der Waals surface area (Å²) >= 11 is 0. The van der Waals surface area contributed by atoms with Crippen LogP contribution in [0, 0.1) is 11.6 Å². The Bertz CT molecular complexity index is 1580. The first-order chi connectivity index (χ1) is 19.5. The highest BCUT2D eigenvalue weighted by Gasteiger charge is 2.38. The van der Waals surface area contributed by atoms with Crippen molar-refractivity contribution in [2.45, 2.75) is 20.0 Å². The van der Waals surface area contributed by atoms with Crippen molar-refractivity contribution in [1.82, 2.24) is 18.2 Å². The van der Waals surface area contributed by atoms with Crippen molar-refractivity contribution < 1.29 is 36.2 Å². The number of anilines is 2. The Morgan fingerprint density at radius 1 is 1.05 bits per heavy atom. The quantitative estimate of drug-likeness (QED) is 0.392. The third kappa shape index (κ3) is 4.75. The molecule has 3 aromatic rings. The molecule has 41 heavy (non-hydrogen) atoms. The van der Waals surface area contributed by atoms with Crippen LogP contribution in [-0.2, 0) is 28.0 Å². The van der Waals surface area contributed by atoms with Crippen molar-refractivity contribution in [3.05, 3.63) is 41.2 Å². The molecule has 2 aliphatic heterocycles. The Balaban J connectivity index is 1.70. The summed E-state index contributed by atoms with van der Waals surface area (Å²) in [4.78, 5) is 22.8. The third-order valence-electron chi connectivity index (χ3n) is 7.29. The first kappa shape index (κ1) is 29.0. The minimum atomic E-state index is -4.00. The van der Waals surface area contributed by atoms with Crippen LogP contribution in [0.5, 0.6) is 11.5 Å². The van der Waals surface area contributed by atoms with Gasteiger partial charge in [0.25, 0.3) is 0 Å². The fourth-order valence-corrected chi connectivity index (χ4v) is 6.31. The number of benzene rings is 1. The first-order valence-corrected chi connectivity index (χ1v) is 14.4. The van der Waals surface area contributed by atoms with E-state index in [9.17, 15) is 13.2 Å². The van der Waals surface area contributed by atoms with Crippen molar-refractivity contribution in [2.24, 2.45) is 0 Å². The molecule has 5 rings (SSSR count). The molecule has 2 aliphatic rings. The third-order valence-corrected chi connectivity index (χ3v) is 9.08. The van der Waals surface area contributed by atoms with Crippen molar-refractivity contribution in [3.63, 3.8) is 0 Å². The molecule has 222 valence electrons. The van der Waals surface area contributed by atoms with Crippen molar-refractivity contribution in [1.29, 1.82) is 0 Å². The van der Waals surface area contributed by atoms with E-state index in [0.29, 0.717) is 55.2 Å². The molecular weight excluding hydrogens is 562 g/mol. The molecule has 0 saturated carbocycles. The van der Waals surface area contributed by atoms with Gasteiger partial charge in [-0.2, -0.15) is 12.7 Å². The Labute approximate surface area is 236 Å². The van der Waals surface area contributed by atoms with Crippen LogP contribution in [0.1, 0.15) is 18.2 Å². The second-order valence-electron chi connectivity index (χ2n) is 9.82. The van der Waals surface area contributed by atoms with Gasteiger partial charge in [0.15, 0.2) is 28.8 Å². The number of hydrogen-bond acceptors (Lipinski definition) is 8. The highest BCUT2D eigenvalue weighted by Crippen LogP contribution is 2.43. The van der Waals surface area contributed by atoms with Crippen LogP contribution in [0.4, 0.5) is 25.0 Å². The van der Waals surface area contributed by atoms with E-state index in [4.69, 9.17) is 14.2 Å². The normalized spacial score (nSPS) is 16.5. The van der Waals surface area contributed by atoms with Crippen LogP contribution in [0.3, 0.4) is 0 Å². The van der Waals surface area contributed by atoms with Gasteiger partial charge in [-0.25, -0.2) is 22.5 Å². The van der Waals surface area contributed by atoms with Crippen LogP contribution in [-0.4, -0.2) is 93.8 Å². The van der Waals surface area contributed by atoms with Crippen molar-refractivity contribution >= 4 is 38.6 Å². The summed E-state index contributed by atoms with van der Waals surface area (Å²) in [7, 11) is 1.33. The molecule has 0 N–H and O–H groups in total. The summed E-state index contributed by atoms with van der Waals surface area (Å²) in [5, 5.41) is 0.440. The minimum Gasteiger partial charge on any atom is -0.493 e. The number of morpholine rings is 1. The maximum atomic E-state index is 15.4. The maximum absolute atomic E-state index is 15.4. The molecular formula is C26H32F2N6O6S. The van der Waals surface area contributed by atoms with Gasteiger partial charge in [-0.3, -0.25) is 14.7 Å². The van der Waals surface area contributed by atoms with E-state index in [1.807, 2.05) is 0 Å². The number of urea groups is 1. The molecule has 0 bridgehead atoms. The Morgan fingerprint density at radius 2 is 1.68 bits per heavy atom. The lowest BCUT2D eigenvalue weighted by Gasteiger charge is -2.37. The maximum Gasteiger partial charge on any atom is 0.329 e. The smallest absolute Gasteiger partial charge is 0.329 e. The number of hydrogen-bond donors (Lipinski definition) is 0. The standard InChI is InChI=1S/C26H32F2N6O6S/c1-6-32-23-16(14-33(26(32)35)24-21(27)19(38-4)12-20(39-5)22(24)28)13-29-25-18(23)11-17(15-31-7-9-40-10-8-31)34(25)41(36,37)30(2)3/h11-13H,6-10,14-15H2,1-5H3. The van der Waals surface area contributed by atoms with Crippen LogP contribution < -0.4 is 19.3 Å². The lowest BCUT2D eigenvalue weighted by atomic mass is 10.1. The van der Waals surface area contributed by atoms with E-state index < -0.39 is 33.6 Å². The van der Waals surface area contributed by atoms with E-state index in [0.717, 1.165) is 15.3 Å². The number of fused-ring (bicyclic) bond motifs is 3. The number of carbonyl (C=O) groups excluding carboxylic acids is 1. The van der Waals surface area contributed by atoms with E-state index in [1.165, 1.54) is 43.4 Å².